The fourth-order valence-electron chi connectivity index (χ4n) is 2.82. The van der Waals surface area contributed by atoms with Crippen LogP contribution in [0.25, 0.3) is 11.3 Å². The third-order valence-corrected chi connectivity index (χ3v) is 5.76. The van der Waals surface area contributed by atoms with E-state index in [4.69, 9.17) is 9.72 Å². The second kappa shape index (κ2) is 7.82. The molecule has 0 amide bonds. The highest BCUT2D eigenvalue weighted by Gasteiger charge is 2.18. The molecule has 2 aromatic rings. The van der Waals surface area contributed by atoms with Crippen LogP contribution in [0.1, 0.15) is 18.7 Å². The Morgan fingerprint density at radius 2 is 2.08 bits per heavy atom. The minimum atomic E-state index is -1.08. The molecule has 0 N–H and O–H groups in total. The third kappa shape index (κ3) is 4.08. The molecule has 0 bridgehead atoms. The summed E-state index contributed by atoms with van der Waals surface area (Å²) in [5, 5.41) is 0. The fourth-order valence-corrected chi connectivity index (χ4v) is 3.67. The van der Waals surface area contributed by atoms with E-state index in [9.17, 15) is 9.11 Å². The number of fused-ring (bicyclic) bond motifs is 1. The fraction of sp³-hybridized carbons (Fsp3) is 0.471. The summed E-state index contributed by atoms with van der Waals surface area (Å²) < 4.78 is 31.1. The molecule has 0 radical (unpaired) electrons. The summed E-state index contributed by atoms with van der Waals surface area (Å²) in [6, 6.07) is 5.58. The van der Waals surface area contributed by atoms with Gasteiger partial charge in [0.15, 0.2) is 4.90 Å². The van der Waals surface area contributed by atoms with Crippen molar-refractivity contribution in [1.82, 2.24) is 9.55 Å². The van der Waals surface area contributed by atoms with E-state index in [1.54, 1.807) is 12.5 Å². The molecule has 130 valence electrons. The lowest BCUT2D eigenvalue weighted by Gasteiger charge is -2.13. The number of imidazole rings is 1. The van der Waals surface area contributed by atoms with E-state index >= 15 is 0 Å². The van der Waals surface area contributed by atoms with Crippen LogP contribution in [0.3, 0.4) is 0 Å². The molecule has 5 nitrogen and oxygen atoms in total. The molecule has 0 fully saturated rings. The van der Waals surface area contributed by atoms with Crippen LogP contribution in [0.4, 0.5) is 0 Å². The molecule has 7 heteroatoms. The highest BCUT2D eigenvalue weighted by molar-refractivity contribution is 7.90. The standard InChI is InChI=1S/C17H22N2O3S2/c1-23(20)10-9-22-16-11-13(24(2)21)6-7-14(16)15-12-19-8-4-3-5-17(19)18-15/h6-7,11-12H,3-5,8-10H2,1-2H3. The maximum absolute atomic E-state index is 11.8. The van der Waals surface area contributed by atoms with Crippen molar-refractivity contribution in [3.8, 4) is 17.0 Å². The zero-order chi connectivity index (χ0) is 17.1. The van der Waals surface area contributed by atoms with Crippen molar-refractivity contribution in [1.29, 1.82) is 0 Å². The van der Waals surface area contributed by atoms with Crippen LogP contribution >= 0.6 is 0 Å². The molecule has 0 saturated heterocycles. The highest BCUT2D eigenvalue weighted by Crippen LogP contribution is 2.33. The molecule has 1 aromatic carbocycles. The monoisotopic (exact) mass is 366 g/mol. The zero-order valence-electron chi connectivity index (χ0n) is 14.0. The van der Waals surface area contributed by atoms with E-state index in [-0.39, 0.29) is 0 Å². The molecule has 1 aliphatic rings. The summed E-state index contributed by atoms with van der Waals surface area (Å²) in [6.45, 7) is 1.37. The van der Waals surface area contributed by atoms with Crippen molar-refractivity contribution >= 4 is 22.4 Å². The van der Waals surface area contributed by atoms with Gasteiger partial charge in [0.2, 0.25) is 0 Å². The van der Waals surface area contributed by atoms with Gasteiger partial charge in [0.05, 0.1) is 11.9 Å². The third-order valence-electron chi connectivity index (χ3n) is 4.10. The molecule has 1 aliphatic heterocycles. The van der Waals surface area contributed by atoms with Crippen molar-refractivity contribution in [3.05, 3.63) is 30.2 Å². The molecule has 3 rings (SSSR count). The largest absolute Gasteiger partial charge is 0.616 e. The van der Waals surface area contributed by atoms with Crippen LogP contribution in [0, 0.1) is 0 Å². The first-order valence-electron chi connectivity index (χ1n) is 8.01. The molecule has 2 unspecified atom stereocenters. The van der Waals surface area contributed by atoms with Gasteiger partial charge in [0.25, 0.3) is 0 Å². The van der Waals surface area contributed by atoms with Crippen LogP contribution in [0.15, 0.2) is 29.3 Å². The number of rotatable bonds is 6. The number of hydrogen-bond donors (Lipinski definition) is 0. The van der Waals surface area contributed by atoms with E-state index in [2.05, 4.69) is 10.8 Å². The van der Waals surface area contributed by atoms with E-state index < -0.39 is 22.4 Å². The van der Waals surface area contributed by atoms with Gasteiger partial charge in [-0.05, 0) is 36.2 Å². The van der Waals surface area contributed by atoms with Crippen molar-refractivity contribution < 1.29 is 13.8 Å². The van der Waals surface area contributed by atoms with Crippen LogP contribution in [-0.2, 0) is 35.3 Å². The maximum atomic E-state index is 11.8. The molecular formula is C17H22N2O3S2. The van der Waals surface area contributed by atoms with Gasteiger partial charge in [-0.15, -0.1) is 0 Å². The summed E-state index contributed by atoms with van der Waals surface area (Å²) in [7, 11) is 0. The normalized spacial score (nSPS) is 16.5. The molecule has 1 aromatic heterocycles. The summed E-state index contributed by atoms with van der Waals surface area (Å²) in [4.78, 5) is 5.46. The first-order valence-corrected chi connectivity index (χ1v) is 11.3. The van der Waals surface area contributed by atoms with Gasteiger partial charge in [0.1, 0.15) is 30.2 Å². The number of aryl methyl sites for hydroxylation is 2. The van der Waals surface area contributed by atoms with Crippen LogP contribution in [0.2, 0.25) is 0 Å². The van der Waals surface area contributed by atoms with E-state index in [1.165, 1.54) is 12.8 Å². The molecule has 0 spiro atoms. The first kappa shape index (κ1) is 17.7. The molecule has 2 atom stereocenters. The average Bonchev–Trinajstić information content (AvgIpc) is 2.98. The quantitative estimate of drug-likeness (QED) is 0.736. The van der Waals surface area contributed by atoms with Crippen molar-refractivity contribution in [2.24, 2.45) is 0 Å². The SMILES string of the molecule is C[S+]([O-])CCOc1cc([S+](C)[O-])ccc1-c1cn2c(n1)CCCC2. The molecule has 0 aliphatic carbocycles. The lowest BCUT2D eigenvalue weighted by Crippen LogP contribution is -2.12. The predicted octanol–water partition coefficient (Wildman–Crippen LogP) is 2.38. The predicted molar refractivity (Wildman–Crippen MR) is 97.4 cm³/mol. The molecular weight excluding hydrogens is 344 g/mol. The van der Waals surface area contributed by atoms with Gasteiger partial charge < -0.3 is 18.4 Å². The van der Waals surface area contributed by atoms with Gasteiger partial charge >= 0.3 is 0 Å². The summed E-state index contributed by atoms with van der Waals surface area (Å²) >= 11 is -1.98. The van der Waals surface area contributed by atoms with Crippen molar-refractivity contribution in [3.63, 3.8) is 0 Å². The number of hydrogen-bond acceptors (Lipinski definition) is 4. The number of ether oxygens (including phenoxy) is 1. The summed E-state index contributed by atoms with van der Waals surface area (Å²) in [5.41, 5.74) is 1.78. The van der Waals surface area contributed by atoms with Crippen LogP contribution in [-0.4, -0.2) is 43.5 Å². The Bertz CT molecular complexity index is 678. The second-order valence-electron chi connectivity index (χ2n) is 5.93. The van der Waals surface area contributed by atoms with Crippen molar-refractivity contribution in [2.45, 2.75) is 30.7 Å². The van der Waals surface area contributed by atoms with Gasteiger partial charge in [0, 0.05) is 30.8 Å². The van der Waals surface area contributed by atoms with E-state index in [0.717, 1.165) is 34.9 Å². The Morgan fingerprint density at radius 1 is 1.25 bits per heavy atom. The van der Waals surface area contributed by atoms with Crippen LogP contribution < -0.4 is 4.74 Å². The summed E-state index contributed by atoms with van der Waals surface area (Å²) in [6.07, 6.45) is 8.73. The van der Waals surface area contributed by atoms with E-state index in [0.29, 0.717) is 18.1 Å². The molecule has 2 heterocycles. The van der Waals surface area contributed by atoms with Gasteiger partial charge in [-0.25, -0.2) is 4.98 Å². The summed E-state index contributed by atoms with van der Waals surface area (Å²) in [5.74, 6) is 2.24. The van der Waals surface area contributed by atoms with Gasteiger partial charge in [-0.1, -0.05) is 11.2 Å². The Hall–Kier alpha value is -1.15. The molecule has 24 heavy (non-hydrogen) atoms. The maximum Gasteiger partial charge on any atom is 0.156 e. The smallest absolute Gasteiger partial charge is 0.156 e. The topological polar surface area (TPSA) is 73.2 Å². The lowest BCUT2D eigenvalue weighted by atomic mass is 10.1. The lowest BCUT2D eigenvalue weighted by molar-refractivity contribution is 0.341. The highest BCUT2D eigenvalue weighted by atomic mass is 32.2. The first-order chi connectivity index (χ1) is 11.5. The number of nitrogens with zero attached hydrogens (tertiary/aromatic N) is 2. The Labute approximate surface area is 148 Å². The number of aromatic nitrogens is 2. The minimum Gasteiger partial charge on any atom is -0.616 e. The second-order valence-corrected chi connectivity index (χ2v) is 8.87. The van der Waals surface area contributed by atoms with Crippen LogP contribution in [0.5, 0.6) is 5.75 Å². The minimum absolute atomic E-state index is 0.365. The van der Waals surface area contributed by atoms with Gasteiger partial charge in [-0.2, -0.15) is 0 Å². The zero-order valence-corrected chi connectivity index (χ0v) is 15.6. The molecule has 0 saturated carbocycles. The number of benzene rings is 1. The Morgan fingerprint density at radius 3 is 2.79 bits per heavy atom. The average molecular weight is 367 g/mol. The van der Waals surface area contributed by atoms with Gasteiger partial charge in [-0.3, -0.25) is 0 Å². The van der Waals surface area contributed by atoms with Crippen molar-refractivity contribution in [2.75, 3.05) is 24.9 Å². The Kier molecular flexibility index (Phi) is 5.76. The Balaban J connectivity index is 1.91. The van der Waals surface area contributed by atoms with E-state index in [1.807, 2.05) is 18.2 Å².